The molecule has 34 heavy (non-hydrogen) atoms. The zero-order valence-electron chi connectivity index (χ0n) is 19.9. The Morgan fingerprint density at radius 2 is 1.68 bits per heavy atom. The van der Waals surface area contributed by atoms with Crippen LogP contribution < -0.4 is 10.6 Å². The van der Waals surface area contributed by atoms with E-state index >= 15 is 0 Å². The second kappa shape index (κ2) is 10.5. The van der Waals surface area contributed by atoms with Crippen LogP contribution in [-0.4, -0.2) is 59.9 Å². The highest BCUT2D eigenvalue weighted by atomic mass is 16.4. The Bertz CT molecular complexity index is 1130. The van der Waals surface area contributed by atoms with Gasteiger partial charge in [-0.25, -0.2) is 9.78 Å². The van der Waals surface area contributed by atoms with Crippen LogP contribution >= 0.6 is 0 Å². The van der Waals surface area contributed by atoms with E-state index in [-0.39, 0.29) is 11.9 Å². The first-order valence-electron chi connectivity index (χ1n) is 11.6. The zero-order valence-corrected chi connectivity index (χ0v) is 19.9. The molecular formula is C26H31N5O3. The summed E-state index contributed by atoms with van der Waals surface area (Å²) in [6.07, 6.45) is 0.979. The zero-order chi connectivity index (χ0) is 24.1. The number of piperazine rings is 1. The summed E-state index contributed by atoms with van der Waals surface area (Å²) >= 11 is 0. The molecule has 8 nitrogen and oxygen atoms in total. The number of aryl methyl sites for hydroxylation is 2. The molecule has 2 aromatic carbocycles. The van der Waals surface area contributed by atoms with E-state index in [9.17, 15) is 9.59 Å². The van der Waals surface area contributed by atoms with Crippen molar-refractivity contribution in [1.29, 1.82) is 0 Å². The van der Waals surface area contributed by atoms with Crippen LogP contribution in [0.4, 0.5) is 10.5 Å². The highest BCUT2D eigenvalue weighted by Crippen LogP contribution is 2.23. The second-order valence-corrected chi connectivity index (χ2v) is 8.42. The fourth-order valence-electron chi connectivity index (χ4n) is 3.95. The van der Waals surface area contributed by atoms with Crippen LogP contribution in [0.5, 0.6) is 0 Å². The van der Waals surface area contributed by atoms with E-state index in [1.54, 1.807) is 19.2 Å². The number of rotatable bonds is 6. The molecule has 2 N–H and O–H groups in total. The quantitative estimate of drug-likeness (QED) is 0.581. The number of nitrogens with zero attached hydrogens (tertiary/aromatic N) is 3. The lowest BCUT2D eigenvalue weighted by Crippen LogP contribution is -2.49. The van der Waals surface area contributed by atoms with Gasteiger partial charge in [0.05, 0.1) is 5.69 Å². The maximum absolute atomic E-state index is 12.6. The van der Waals surface area contributed by atoms with Gasteiger partial charge in [0.2, 0.25) is 5.89 Å². The van der Waals surface area contributed by atoms with Crippen molar-refractivity contribution in [2.75, 3.05) is 38.5 Å². The minimum absolute atomic E-state index is 0.0657. The van der Waals surface area contributed by atoms with Crippen LogP contribution in [-0.2, 0) is 13.0 Å². The van der Waals surface area contributed by atoms with Crippen LogP contribution in [0.1, 0.15) is 34.3 Å². The third kappa shape index (κ3) is 5.46. The number of hydrogen-bond acceptors (Lipinski definition) is 5. The number of amides is 3. The molecule has 4 rings (SSSR count). The predicted molar refractivity (Wildman–Crippen MR) is 132 cm³/mol. The van der Waals surface area contributed by atoms with E-state index in [1.807, 2.05) is 48.2 Å². The van der Waals surface area contributed by atoms with Crippen molar-refractivity contribution in [1.82, 2.24) is 20.1 Å². The Balaban J connectivity index is 1.31. The molecule has 1 aromatic heterocycles. The monoisotopic (exact) mass is 461 g/mol. The summed E-state index contributed by atoms with van der Waals surface area (Å²) in [5.74, 6) is 1.20. The Morgan fingerprint density at radius 3 is 2.29 bits per heavy atom. The van der Waals surface area contributed by atoms with Gasteiger partial charge in [-0.2, -0.15) is 0 Å². The van der Waals surface area contributed by atoms with Crippen molar-refractivity contribution < 1.29 is 14.0 Å². The van der Waals surface area contributed by atoms with Crippen molar-refractivity contribution in [3.05, 3.63) is 71.1 Å². The van der Waals surface area contributed by atoms with Crippen molar-refractivity contribution in [2.45, 2.75) is 26.8 Å². The molecule has 0 radical (unpaired) electrons. The molecule has 3 amide bonds. The first kappa shape index (κ1) is 23.5. The maximum Gasteiger partial charge on any atom is 0.321 e. The lowest BCUT2D eigenvalue weighted by molar-refractivity contribution is 0.0963. The largest absolute Gasteiger partial charge is 0.441 e. The summed E-state index contributed by atoms with van der Waals surface area (Å²) in [6, 6.07) is 15.1. The number of anilines is 1. The molecule has 1 aliphatic rings. The summed E-state index contributed by atoms with van der Waals surface area (Å²) in [5.41, 5.74) is 4.38. The van der Waals surface area contributed by atoms with Crippen LogP contribution in [0, 0.1) is 6.92 Å². The topological polar surface area (TPSA) is 90.7 Å². The SMILES string of the molecule is CCc1ccc(NC(=O)N2CCN(Cc3nc(-c4ccc(C(=O)NC)cc4)oc3C)CC2)cc1. The van der Waals surface area contributed by atoms with Crippen LogP contribution in [0.2, 0.25) is 0 Å². The summed E-state index contributed by atoms with van der Waals surface area (Å²) in [4.78, 5) is 33.2. The average Bonchev–Trinajstić information content (AvgIpc) is 3.24. The van der Waals surface area contributed by atoms with Gasteiger partial charge in [-0.3, -0.25) is 9.69 Å². The van der Waals surface area contributed by atoms with Gasteiger partial charge in [-0.1, -0.05) is 19.1 Å². The number of carbonyl (C=O) groups is 2. The van der Waals surface area contributed by atoms with Gasteiger partial charge in [0.15, 0.2) is 0 Å². The van der Waals surface area contributed by atoms with Gasteiger partial charge < -0.3 is 20.0 Å². The van der Waals surface area contributed by atoms with Gasteiger partial charge in [0, 0.05) is 56.6 Å². The van der Waals surface area contributed by atoms with Gasteiger partial charge in [0.1, 0.15) is 5.76 Å². The minimum Gasteiger partial charge on any atom is -0.441 e. The fraction of sp³-hybridized carbons (Fsp3) is 0.346. The summed E-state index contributed by atoms with van der Waals surface area (Å²) in [6.45, 7) is 7.54. The van der Waals surface area contributed by atoms with E-state index in [2.05, 4.69) is 22.5 Å². The Hall–Kier alpha value is -3.65. The van der Waals surface area contributed by atoms with Gasteiger partial charge >= 0.3 is 6.03 Å². The molecule has 0 atom stereocenters. The number of nitrogens with one attached hydrogen (secondary N) is 2. The molecule has 8 heteroatoms. The predicted octanol–water partition coefficient (Wildman–Crippen LogP) is 3.92. The van der Waals surface area contributed by atoms with E-state index in [4.69, 9.17) is 9.40 Å². The number of carbonyl (C=O) groups excluding carboxylic acids is 2. The van der Waals surface area contributed by atoms with Crippen molar-refractivity contribution in [3.8, 4) is 11.5 Å². The normalized spacial score (nSPS) is 14.1. The molecule has 3 aromatic rings. The van der Waals surface area contributed by atoms with Gasteiger partial charge in [0.25, 0.3) is 5.91 Å². The van der Waals surface area contributed by atoms with E-state index in [1.165, 1.54) is 5.56 Å². The fourth-order valence-corrected chi connectivity index (χ4v) is 3.95. The maximum atomic E-state index is 12.6. The molecule has 1 aliphatic heterocycles. The highest BCUT2D eigenvalue weighted by Gasteiger charge is 2.23. The van der Waals surface area contributed by atoms with Crippen molar-refractivity contribution in [3.63, 3.8) is 0 Å². The lowest BCUT2D eigenvalue weighted by Gasteiger charge is -2.34. The molecule has 178 valence electrons. The second-order valence-electron chi connectivity index (χ2n) is 8.42. The highest BCUT2D eigenvalue weighted by molar-refractivity contribution is 5.94. The first-order valence-corrected chi connectivity index (χ1v) is 11.6. The molecule has 1 fully saturated rings. The molecule has 0 saturated carbocycles. The summed E-state index contributed by atoms with van der Waals surface area (Å²) in [7, 11) is 1.61. The van der Waals surface area contributed by atoms with Crippen LogP contribution in [0.25, 0.3) is 11.5 Å². The van der Waals surface area contributed by atoms with Crippen LogP contribution in [0.3, 0.4) is 0 Å². The molecule has 0 aliphatic carbocycles. The average molecular weight is 462 g/mol. The molecule has 0 spiro atoms. The Kier molecular flexibility index (Phi) is 7.27. The Labute approximate surface area is 200 Å². The van der Waals surface area contributed by atoms with Gasteiger partial charge in [-0.05, 0) is 55.3 Å². The number of urea groups is 1. The number of aromatic nitrogens is 1. The van der Waals surface area contributed by atoms with E-state index in [0.717, 1.165) is 42.2 Å². The van der Waals surface area contributed by atoms with Gasteiger partial charge in [-0.15, -0.1) is 0 Å². The Morgan fingerprint density at radius 1 is 1.00 bits per heavy atom. The molecule has 1 saturated heterocycles. The number of benzene rings is 2. The summed E-state index contributed by atoms with van der Waals surface area (Å²) in [5, 5.41) is 5.60. The third-order valence-corrected chi connectivity index (χ3v) is 6.16. The minimum atomic E-state index is -0.127. The molecular weight excluding hydrogens is 430 g/mol. The van der Waals surface area contributed by atoms with E-state index in [0.29, 0.717) is 31.1 Å². The molecule has 0 bridgehead atoms. The number of oxazole rings is 1. The number of hydrogen-bond donors (Lipinski definition) is 2. The first-order chi connectivity index (χ1) is 16.5. The molecule has 2 heterocycles. The van der Waals surface area contributed by atoms with Crippen molar-refractivity contribution in [2.24, 2.45) is 0 Å². The van der Waals surface area contributed by atoms with Crippen LogP contribution in [0.15, 0.2) is 52.9 Å². The standard InChI is InChI=1S/C26H31N5O3/c1-4-19-5-11-22(12-6-19)28-26(33)31-15-13-30(14-16-31)17-23-18(2)34-25(29-23)21-9-7-20(8-10-21)24(32)27-3/h5-12H,4,13-17H2,1-3H3,(H,27,32)(H,28,33). The molecule has 0 unspecified atom stereocenters. The third-order valence-electron chi connectivity index (χ3n) is 6.16. The van der Waals surface area contributed by atoms with Crippen molar-refractivity contribution >= 4 is 17.6 Å². The smallest absolute Gasteiger partial charge is 0.321 e. The summed E-state index contributed by atoms with van der Waals surface area (Å²) < 4.78 is 5.90. The lowest BCUT2D eigenvalue weighted by atomic mass is 10.1. The van der Waals surface area contributed by atoms with E-state index < -0.39 is 0 Å².